The molecule has 156 valence electrons. The van der Waals surface area contributed by atoms with Crippen molar-refractivity contribution in [2.45, 2.75) is 13.5 Å². The summed E-state index contributed by atoms with van der Waals surface area (Å²) in [5.41, 5.74) is 3.63. The zero-order valence-corrected chi connectivity index (χ0v) is 17.7. The fraction of sp³-hybridized carbons (Fsp3) is 0.0714. The van der Waals surface area contributed by atoms with Gasteiger partial charge in [-0.05, 0) is 65.2 Å². The van der Waals surface area contributed by atoms with Gasteiger partial charge in [0.05, 0.1) is 0 Å². The Hall–Kier alpha value is -4.36. The summed E-state index contributed by atoms with van der Waals surface area (Å²) in [6, 6.07) is 31.2. The van der Waals surface area contributed by atoms with Crippen LogP contribution in [0.1, 0.15) is 16.7 Å². The van der Waals surface area contributed by atoms with Crippen LogP contribution in [0, 0.1) is 18.3 Å². The standard InChI is InChI=1S/C28H22N2O2/c1-20-6-12-26(13-7-20)30-28(31)25(18-29)16-21-9-14-27(15-10-21)32-19-22-8-11-23-4-2-3-5-24(23)17-22/h2-17H,19H2,1H3,(H,30,31)/b25-16+. The normalized spacial score (nSPS) is 11.1. The Kier molecular flexibility index (Phi) is 6.29. The smallest absolute Gasteiger partial charge is 0.266 e. The zero-order chi connectivity index (χ0) is 22.3. The Morgan fingerprint density at radius 2 is 1.66 bits per heavy atom. The van der Waals surface area contributed by atoms with Crippen molar-refractivity contribution in [2.75, 3.05) is 5.32 Å². The molecule has 4 aromatic rings. The number of nitrogens with zero attached hydrogens (tertiary/aromatic N) is 1. The number of aryl methyl sites for hydroxylation is 1. The van der Waals surface area contributed by atoms with Crippen LogP contribution in [0.3, 0.4) is 0 Å². The van der Waals surface area contributed by atoms with E-state index in [0.717, 1.165) is 22.4 Å². The molecule has 0 heterocycles. The molecule has 0 unspecified atom stereocenters. The monoisotopic (exact) mass is 418 g/mol. The van der Waals surface area contributed by atoms with Gasteiger partial charge in [0, 0.05) is 5.69 Å². The fourth-order valence-corrected chi connectivity index (χ4v) is 3.31. The average molecular weight is 418 g/mol. The second kappa shape index (κ2) is 9.63. The Balaban J connectivity index is 1.40. The largest absolute Gasteiger partial charge is 0.489 e. The van der Waals surface area contributed by atoms with Crippen LogP contribution in [0.15, 0.2) is 96.6 Å². The van der Waals surface area contributed by atoms with Crippen molar-refractivity contribution < 1.29 is 9.53 Å². The Labute approximate surface area is 187 Å². The second-order valence-corrected chi connectivity index (χ2v) is 7.53. The number of hydrogen-bond donors (Lipinski definition) is 1. The van der Waals surface area contributed by atoms with Gasteiger partial charge in [-0.25, -0.2) is 0 Å². The van der Waals surface area contributed by atoms with E-state index in [9.17, 15) is 10.1 Å². The number of fused-ring (bicyclic) bond motifs is 1. The lowest BCUT2D eigenvalue weighted by Gasteiger charge is -2.08. The summed E-state index contributed by atoms with van der Waals surface area (Å²) in [4.78, 5) is 12.4. The topological polar surface area (TPSA) is 62.1 Å². The van der Waals surface area contributed by atoms with Gasteiger partial charge in [-0.3, -0.25) is 4.79 Å². The lowest BCUT2D eigenvalue weighted by atomic mass is 10.1. The van der Waals surface area contributed by atoms with E-state index >= 15 is 0 Å². The number of benzene rings is 4. The molecule has 0 aliphatic heterocycles. The second-order valence-electron chi connectivity index (χ2n) is 7.53. The maximum absolute atomic E-state index is 12.4. The molecular weight excluding hydrogens is 396 g/mol. The number of hydrogen-bond acceptors (Lipinski definition) is 3. The summed E-state index contributed by atoms with van der Waals surface area (Å²) in [5.74, 6) is 0.283. The first kappa shape index (κ1) is 20.9. The van der Waals surface area contributed by atoms with Gasteiger partial charge < -0.3 is 10.1 Å². The first-order chi connectivity index (χ1) is 15.6. The molecule has 0 bridgehead atoms. The predicted octanol–water partition coefficient (Wildman–Crippen LogP) is 6.27. The molecule has 0 atom stereocenters. The van der Waals surface area contributed by atoms with E-state index in [1.54, 1.807) is 6.08 Å². The number of rotatable bonds is 6. The molecular formula is C28H22N2O2. The van der Waals surface area contributed by atoms with E-state index in [0.29, 0.717) is 12.3 Å². The van der Waals surface area contributed by atoms with Crippen LogP contribution in [0.5, 0.6) is 5.75 Å². The quantitative estimate of drug-likeness (QED) is 0.296. The summed E-state index contributed by atoms with van der Waals surface area (Å²) in [6.45, 7) is 2.43. The van der Waals surface area contributed by atoms with E-state index in [-0.39, 0.29) is 5.57 Å². The minimum absolute atomic E-state index is 0.0374. The van der Waals surface area contributed by atoms with Gasteiger partial charge in [-0.1, -0.05) is 66.2 Å². The van der Waals surface area contributed by atoms with Crippen LogP contribution in [-0.2, 0) is 11.4 Å². The summed E-state index contributed by atoms with van der Waals surface area (Å²) in [7, 11) is 0. The highest BCUT2D eigenvalue weighted by Gasteiger charge is 2.09. The zero-order valence-electron chi connectivity index (χ0n) is 17.7. The van der Waals surface area contributed by atoms with Crippen LogP contribution >= 0.6 is 0 Å². The van der Waals surface area contributed by atoms with E-state index in [1.807, 2.05) is 73.7 Å². The van der Waals surface area contributed by atoms with Crippen LogP contribution in [0.25, 0.3) is 16.8 Å². The Bertz CT molecular complexity index is 1310. The molecule has 0 saturated heterocycles. The van der Waals surface area contributed by atoms with Gasteiger partial charge in [0.25, 0.3) is 5.91 Å². The van der Waals surface area contributed by atoms with Crippen LogP contribution in [-0.4, -0.2) is 5.91 Å². The highest BCUT2D eigenvalue weighted by atomic mass is 16.5. The van der Waals surface area contributed by atoms with Crippen molar-refractivity contribution in [3.63, 3.8) is 0 Å². The third-order valence-corrected chi connectivity index (χ3v) is 5.08. The number of anilines is 1. The molecule has 4 rings (SSSR count). The van der Waals surface area contributed by atoms with E-state index in [1.165, 1.54) is 10.8 Å². The van der Waals surface area contributed by atoms with Crippen LogP contribution < -0.4 is 10.1 Å². The van der Waals surface area contributed by atoms with Crippen molar-refractivity contribution in [1.82, 2.24) is 0 Å². The maximum Gasteiger partial charge on any atom is 0.266 e. The van der Waals surface area contributed by atoms with Gasteiger partial charge in [-0.15, -0.1) is 0 Å². The van der Waals surface area contributed by atoms with Crippen LogP contribution in [0.4, 0.5) is 5.69 Å². The minimum Gasteiger partial charge on any atom is -0.489 e. The van der Waals surface area contributed by atoms with Gasteiger partial charge in [0.1, 0.15) is 24.0 Å². The molecule has 0 radical (unpaired) electrons. The van der Waals surface area contributed by atoms with Crippen molar-refractivity contribution in [1.29, 1.82) is 5.26 Å². The van der Waals surface area contributed by atoms with Crippen molar-refractivity contribution in [2.24, 2.45) is 0 Å². The minimum atomic E-state index is -0.437. The summed E-state index contributed by atoms with van der Waals surface area (Å²) >= 11 is 0. The van der Waals surface area contributed by atoms with Gasteiger partial charge >= 0.3 is 0 Å². The molecule has 1 N–H and O–H groups in total. The lowest BCUT2D eigenvalue weighted by Crippen LogP contribution is -2.13. The highest BCUT2D eigenvalue weighted by Crippen LogP contribution is 2.19. The fourth-order valence-electron chi connectivity index (χ4n) is 3.31. The summed E-state index contributed by atoms with van der Waals surface area (Å²) < 4.78 is 5.90. The Morgan fingerprint density at radius 3 is 2.38 bits per heavy atom. The predicted molar refractivity (Wildman–Crippen MR) is 128 cm³/mol. The van der Waals surface area contributed by atoms with Gasteiger partial charge in [0.15, 0.2) is 0 Å². The van der Waals surface area contributed by atoms with E-state index in [2.05, 4.69) is 35.6 Å². The SMILES string of the molecule is Cc1ccc(NC(=O)/C(C#N)=C/c2ccc(OCc3ccc4ccccc4c3)cc2)cc1. The molecule has 4 heteroatoms. The molecule has 4 aromatic carbocycles. The first-order valence-corrected chi connectivity index (χ1v) is 10.3. The molecule has 4 nitrogen and oxygen atoms in total. The number of carbonyl (C=O) groups is 1. The third-order valence-electron chi connectivity index (χ3n) is 5.08. The molecule has 0 aliphatic rings. The molecule has 0 aliphatic carbocycles. The maximum atomic E-state index is 12.4. The number of carbonyl (C=O) groups excluding carboxylic acids is 1. The van der Waals surface area contributed by atoms with Gasteiger partial charge in [0.2, 0.25) is 0 Å². The molecule has 0 saturated carbocycles. The number of ether oxygens (including phenoxy) is 1. The summed E-state index contributed by atoms with van der Waals surface area (Å²) in [6.07, 6.45) is 1.57. The van der Waals surface area contributed by atoms with E-state index < -0.39 is 5.91 Å². The van der Waals surface area contributed by atoms with Crippen molar-refractivity contribution in [3.8, 4) is 11.8 Å². The molecule has 0 spiro atoms. The van der Waals surface area contributed by atoms with Crippen molar-refractivity contribution in [3.05, 3.63) is 113 Å². The first-order valence-electron chi connectivity index (χ1n) is 10.3. The summed E-state index contributed by atoms with van der Waals surface area (Å²) in [5, 5.41) is 14.5. The molecule has 1 amide bonds. The number of amides is 1. The molecule has 0 aromatic heterocycles. The lowest BCUT2D eigenvalue weighted by molar-refractivity contribution is -0.112. The molecule has 0 fully saturated rings. The number of nitriles is 1. The van der Waals surface area contributed by atoms with E-state index in [4.69, 9.17) is 4.74 Å². The highest BCUT2D eigenvalue weighted by molar-refractivity contribution is 6.09. The Morgan fingerprint density at radius 1 is 0.938 bits per heavy atom. The van der Waals surface area contributed by atoms with Gasteiger partial charge in [-0.2, -0.15) is 5.26 Å². The average Bonchev–Trinajstić information content (AvgIpc) is 2.83. The van der Waals surface area contributed by atoms with Crippen molar-refractivity contribution >= 4 is 28.4 Å². The molecule has 32 heavy (non-hydrogen) atoms. The third kappa shape index (κ3) is 5.21. The number of nitrogens with one attached hydrogen (secondary N) is 1. The van der Waals surface area contributed by atoms with Crippen LogP contribution in [0.2, 0.25) is 0 Å².